The van der Waals surface area contributed by atoms with Gasteiger partial charge in [0.1, 0.15) is 0 Å². The summed E-state index contributed by atoms with van der Waals surface area (Å²) in [5.41, 5.74) is 0. The number of nitrogens with zero attached hydrogens (tertiary/aromatic N) is 1. The first-order valence-corrected chi connectivity index (χ1v) is 8.34. The number of hydrogen-bond acceptors (Lipinski definition) is 4. The molecule has 2 aliphatic rings. The van der Waals surface area contributed by atoms with E-state index < -0.39 is 5.79 Å². The predicted octanol–water partition coefficient (Wildman–Crippen LogP) is 2.40. The number of aliphatic hydroxyl groups excluding tert-OH is 1. The Morgan fingerprint density at radius 1 is 1.20 bits per heavy atom. The summed E-state index contributed by atoms with van der Waals surface area (Å²) in [5, 5.41) is 10.4. The summed E-state index contributed by atoms with van der Waals surface area (Å²) in [6, 6.07) is 0.174. The van der Waals surface area contributed by atoms with Crippen LogP contribution in [0.4, 0.5) is 0 Å². The molecule has 2 rings (SSSR count). The van der Waals surface area contributed by atoms with Gasteiger partial charge in [-0.1, -0.05) is 33.6 Å². The van der Waals surface area contributed by atoms with Crippen LogP contribution in [0.1, 0.15) is 52.9 Å². The molecule has 4 heteroatoms. The van der Waals surface area contributed by atoms with Crippen molar-refractivity contribution in [2.75, 3.05) is 26.3 Å². The zero-order valence-corrected chi connectivity index (χ0v) is 13.3. The van der Waals surface area contributed by atoms with Crippen molar-refractivity contribution >= 4 is 0 Å². The zero-order chi connectivity index (χ0) is 14.6. The lowest BCUT2D eigenvalue weighted by molar-refractivity contribution is -0.205. The largest absolute Gasteiger partial charge is 0.391 e. The van der Waals surface area contributed by atoms with Gasteiger partial charge in [0.15, 0.2) is 5.79 Å². The molecule has 1 heterocycles. The van der Waals surface area contributed by atoms with E-state index in [9.17, 15) is 5.11 Å². The SMILES string of the molecule is CCC(CC)CN(CC)C1CC2(CCC1O)OCCO2. The third kappa shape index (κ3) is 3.53. The Hall–Kier alpha value is -0.160. The molecule has 118 valence electrons. The third-order valence-corrected chi connectivity index (χ3v) is 5.12. The van der Waals surface area contributed by atoms with Crippen LogP contribution in [0.2, 0.25) is 0 Å². The van der Waals surface area contributed by atoms with Gasteiger partial charge in [0.2, 0.25) is 0 Å². The average Bonchev–Trinajstić information content (AvgIpc) is 2.92. The second-order valence-corrected chi connectivity index (χ2v) is 6.26. The average molecular weight is 285 g/mol. The quantitative estimate of drug-likeness (QED) is 0.814. The van der Waals surface area contributed by atoms with Crippen molar-refractivity contribution in [2.24, 2.45) is 5.92 Å². The molecule has 0 amide bonds. The van der Waals surface area contributed by atoms with Gasteiger partial charge < -0.3 is 14.6 Å². The lowest BCUT2D eigenvalue weighted by Gasteiger charge is -2.44. The van der Waals surface area contributed by atoms with Gasteiger partial charge in [-0.2, -0.15) is 0 Å². The van der Waals surface area contributed by atoms with E-state index in [1.165, 1.54) is 12.8 Å². The molecule has 1 aliphatic heterocycles. The van der Waals surface area contributed by atoms with Gasteiger partial charge in [0, 0.05) is 25.4 Å². The molecule has 1 saturated heterocycles. The van der Waals surface area contributed by atoms with Crippen LogP contribution in [0.5, 0.6) is 0 Å². The maximum Gasteiger partial charge on any atom is 0.170 e. The minimum Gasteiger partial charge on any atom is -0.391 e. The summed E-state index contributed by atoms with van der Waals surface area (Å²) in [7, 11) is 0. The monoisotopic (exact) mass is 285 g/mol. The lowest BCUT2D eigenvalue weighted by Crippen LogP contribution is -2.54. The standard InChI is InChI=1S/C16H31NO3/c1-4-13(5-2)12-17(6-3)14-11-16(8-7-15(14)18)19-9-10-20-16/h13-15,18H,4-12H2,1-3H3. The molecule has 0 aromatic carbocycles. The highest BCUT2D eigenvalue weighted by Crippen LogP contribution is 2.38. The van der Waals surface area contributed by atoms with Gasteiger partial charge in [-0.25, -0.2) is 0 Å². The summed E-state index contributed by atoms with van der Waals surface area (Å²) in [6.45, 7) is 10.1. The molecule has 1 saturated carbocycles. The molecule has 0 bridgehead atoms. The van der Waals surface area contributed by atoms with Gasteiger partial charge in [-0.15, -0.1) is 0 Å². The molecule has 0 radical (unpaired) electrons. The van der Waals surface area contributed by atoms with Crippen molar-refractivity contribution in [3.63, 3.8) is 0 Å². The number of aliphatic hydroxyl groups is 1. The van der Waals surface area contributed by atoms with E-state index in [4.69, 9.17) is 9.47 Å². The van der Waals surface area contributed by atoms with E-state index in [1.54, 1.807) is 0 Å². The van der Waals surface area contributed by atoms with Crippen molar-refractivity contribution in [3.8, 4) is 0 Å². The maximum absolute atomic E-state index is 10.4. The van der Waals surface area contributed by atoms with Gasteiger partial charge in [0.25, 0.3) is 0 Å². The van der Waals surface area contributed by atoms with Crippen LogP contribution in [-0.2, 0) is 9.47 Å². The van der Waals surface area contributed by atoms with Crippen LogP contribution in [-0.4, -0.2) is 54.2 Å². The number of likely N-dealkylation sites (N-methyl/N-ethyl adjacent to an activating group) is 1. The van der Waals surface area contributed by atoms with Crippen LogP contribution in [0, 0.1) is 5.92 Å². The Bertz CT molecular complexity index is 287. The van der Waals surface area contributed by atoms with Crippen LogP contribution in [0.3, 0.4) is 0 Å². The number of rotatable bonds is 6. The Balaban J connectivity index is 2.02. The molecule has 0 aromatic rings. The van der Waals surface area contributed by atoms with E-state index in [0.717, 1.165) is 32.4 Å². The van der Waals surface area contributed by atoms with Gasteiger partial charge in [0.05, 0.1) is 19.3 Å². The highest BCUT2D eigenvalue weighted by atomic mass is 16.7. The van der Waals surface area contributed by atoms with Crippen LogP contribution >= 0.6 is 0 Å². The molecular weight excluding hydrogens is 254 g/mol. The Labute approximate surface area is 123 Å². The van der Waals surface area contributed by atoms with E-state index in [1.807, 2.05) is 0 Å². The molecular formula is C16H31NO3. The Morgan fingerprint density at radius 3 is 2.40 bits per heavy atom. The molecule has 2 atom stereocenters. The van der Waals surface area contributed by atoms with Gasteiger partial charge in [-0.3, -0.25) is 4.90 Å². The number of ether oxygens (including phenoxy) is 2. The molecule has 20 heavy (non-hydrogen) atoms. The van der Waals surface area contributed by atoms with E-state index >= 15 is 0 Å². The lowest BCUT2D eigenvalue weighted by atomic mass is 9.85. The van der Waals surface area contributed by atoms with Crippen molar-refractivity contribution in [3.05, 3.63) is 0 Å². The molecule has 0 aromatic heterocycles. The normalized spacial score (nSPS) is 29.7. The minimum absolute atomic E-state index is 0.174. The Morgan fingerprint density at radius 2 is 1.85 bits per heavy atom. The molecule has 1 spiro atoms. The first-order chi connectivity index (χ1) is 9.64. The fraction of sp³-hybridized carbons (Fsp3) is 1.00. The highest BCUT2D eigenvalue weighted by molar-refractivity contribution is 4.93. The van der Waals surface area contributed by atoms with Gasteiger partial charge >= 0.3 is 0 Å². The fourth-order valence-electron chi connectivity index (χ4n) is 3.63. The first kappa shape index (κ1) is 16.2. The van der Waals surface area contributed by atoms with E-state index in [2.05, 4.69) is 25.7 Å². The smallest absolute Gasteiger partial charge is 0.170 e. The highest BCUT2D eigenvalue weighted by Gasteiger charge is 2.46. The first-order valence-electron chi connectivity index (χ1n) is 8.34. The van der Waals surface area contributed by atoms with Crippen molar-refractivity contribution < 1.29 is 14.6 Å². The van der Waals surface area contributed by atoms with E-state index in [-0.39, 0.29) is 12.1 Å². The molecule has 1 aliphatic carbocycles. The predicted molar refractivity (Wildman–Crippen MR) is 79.6 cm³/mol. The number of hydrogen-bond donors (Lipinski definition) is 1. The molecule has 2 fully saturated rings. The van der Waals surface area contributed by atoms with Crippen LogP contribution < -0.4 is 0 Å². The summed E-state index contributed by atoms with van der Waals surface area (Å²) in [4.78, 5) is 2.44. The van der Waals surface area contributed by atoms with E-state index in [0.29, 0.717) is 19.1 Å². The zero-order valence-electron chi connectivity index (χ0n) is 13.3. The topological polar surface area (TPSA) is 41.9 Å². The van der Waals surface area contributed by atoms with Crippen molar-refractivity contribution in [2.45, 2.75) is 70.8 Å². The maximum atomic E-state index is 10.4. The molecule has 4 nitrogen and oxygen atoms in total. The molecule has 2 unspecified atom stereocenters. The third-order valence-electron chi connectivity index (χ3n) is 5.12. The summed E-state index contributed by atoms with van der Waals surface area (Å²) in [5.74, 6) is 0.302. The van der Waals surface area contributed by atoms with Crippen LogP contribution in [0.15, 0.2) is 0 Å². The fourth-order valence-corrected chi connectivity index (χ4v) is 3.63. The molecule has 1 N–H and O–H groups in total. The summed E-state index contributed by atoms with van der Waals surface area (Å²) < 4.78 is 11.7. The summed E-state index contributed by atoms with van der Waals surface area (Å²) in [6.07, 6.45) is 4.57. The van der Waals surface area contributed by atoms with Crippen LogP contribution in [0.25, 0.3) is 0 Å². The minimum atomic E-state index is -0.411. The Kier molecular flexibility index (Phi) is 5.84. The second kappa shape index (κ2) is 7.21. The van der Waals surface area contributed by atoms with Crippen molar-refractivity contribution in [1.29, 1.82) is 0 Å². The second-order valence-electron chi connectivity index (χ2n) is 6.26. The van der Waals surface area contributed by atoms with Crippen molar-refractivity contribution in [1.82, 2.24) is 4.90 Å². The summed E-state index contributed by atoms with van der Waals surface area (Å²) >= 11 is 0. The van der Waals surface area contributed by atoms with Gasteiger partial charge in [-0.05, 0) is 18.9 Å².